The van der Waals surface area contributed by atoms with Crippen LogP contribution in [0.2, 0.25) is 0 Å². The van der Waals surface area contributed by atoms with E-state index in [4.69, 9.17) is 4.74 Å². The molecule has 14 heteroatoms. The van der Waals surface area contributed by atoms with Crippen LogP contribution in [0.3, 0.4) is 0 Å². The summed E-state index contributed by atoms with van der Waals surface area (Å²) in [7, 11) is 1.19. The van der Waals surface area contributed by atoms with Gasteiger partial charge >= 0.3 is 12.0 Å². The van der Waals surface area contributed by atoms with Crippen LogP contribution in [0.1, 0.15) is 22.5 Å². The third kappa shape index (κ3) is 6.42. The fourth-order valence-corrected chi connectivity index (χ4v) is 5.08. The second-order valence-electron chi connectivity index (χ2n) is 9.80. The van der Waals surface area contributed by atoms with Crippen LogP contribution in [0.5, 0.6) is 0 Å². The normalized spacial score (nSPS) is 16.9. The van der Waals surface area contributed by atoms with E-state index >= 15 is 0 Å². The number of benzene rings is 2. The summed E-state index contributed by atoms with van der Waals surface area (Å²) in [6.45, 7) is 0.0503. The van der Waals surface area contributed by atoms with Crippen LogP contribution in [-0.2, 0) is 20.7 Å². The number of para-hydroxylation sites is 1. The molecule has 4 aromatic rings. The first-order valence-corrected chi connectivity index (χ1v) is 13.3. The standard InChI is InChI=1S/C29H27F2N7O5/c1-43-28(41)23(12-16-14-34-20-5-3-2-4-18(16)20)35-26(39)25-22(8-11-38(25)27(40)24-15-32-9-10-33-24)37-29(42)36-21-7-6-17(30)13-19(21)31/h2-7,9-10,13-15,22-23,25,34H,8,11-12H2,1H3,(H,35,39)(H2,36,37,42). The highest BCUT2D eigenvalue weighted by Crippen LogP contribution is 2.23. The summed E-state index contributed by atoms with van der Waals surface area (Å²) < 4.78 is 32.4. The van der Waals surface area contributed by atoms with Gasteiger partial charge in [-0.05, 0) is 30.2 Å². The van der Waals surface area contributed by atoms with Crippen molar-refractivity contribution in [3.63, 3.8) is 0 Å². The summed E-state index contributed by atoms with van der Waals surface area (Å²) in [6.07, 6.45) is 5.92. The first-order valence-electron chi connectivity index (χ1n) is 13.3. The quantitative estimate of drug-likeness (QED) is 0.229. The molecule has 5 rings (SSSR count). The Hall–Kier alpha value is -5.40. The lowest BCUT2D eigenvalue weighted by Crippen LogP contribution is -2.58. The van der Waals surface area contributed by atoms with E-state index in [2.05, 4.69) is 30.9 Å². The van der Waals surface area contributed by atoms with Gasteiger partial charge in [-0.3, -0.25) is 14.6 Å². The van der Waals surface area contributed by atoms with E-state index in [1.54, 1.807) is 6.20 Å². The van der Waals surface area contributed by atoms with Crippen molar-refractivity contribution in [3.05, 3.63) is 90.1 Å². The molecule has 43 heavy (non-hydrogen) atoms. The van der Waals surface area contributed by atoms with Crippen molar-refractivity contribution in [1.29, 1.82) is 0 Å². The van der Waals surface area contributed by atoms with Gasteiger partial charge in [0.15, 0.2) is 0 Å². The average molecular weight is 592 g/mol. The summed E-state index contributed by atoms with van der Waals surface area (Å²) in [6, 6.07) is 5.85. The number of urea groups is 1. The lowest BCUT2D eigenvalue weighted by Gasteiger charge is -2.29. The Morgan fingerprint density at radius 2 is 1.95 bits per heavy atom. The number of ether oxygens (including phenoxy) is 1. The van der Waals surface area contributed by atoms with Crippen molar-refractivity contribution in [2.75, 3.05) is 19.0 Å². The Labute approximate surface area is 243 Å². The minimum Gasteiger partial charge on any atom is -0.467 e. The van der Waals surface area contributed by atoms with Gasteiger partial charge < -0.3 is 30.6 Å². The van der Waals surface area contributed by atoms with Crippen LogP contribution in [0.4, 0.5) is 19.3 Å². The van der Waals surface area contributed by atoms with Gasteiger partial charge in [0.1, 0.15) is 29.4 Å². The monoisotopic (exact) mass is 591 g/mol. The molecular weight excluding hydrogens is 564 g/mol. The molecule has 3 unspecified atom stereocenters. The molecular formula is C29H27F2N7O5. The lowest BCUT2D eigenvalue weighted by atomic mass is 10.0. The summed E-state index contributed by atoms with van der Waals surface area (Å²) in [4.78, 5) is 65.1. The summed E-state index contributed by atoms with van der Waals surface area (Å²) in [5.41, 5.74) is 1.29. The average Bonchev–Trinajstić information content (AvgIpc) is 3.62. The number of hydrogen-bond acceptors (Lipinski definition) is 7. The molecule has 1 aliphatic heterocycles. The Morgan fingerprint density at radius 1 is 1.14 bits per heavy atom. The number of anilines is 1. The number of methoxy groups -OCH3 is 1. The van der Waals surface area contributed by atoms with E-state index in [-0.39, 0.29) is 30.8 Å². The van der Waals surface area contributed by atoms with Gasteiger partial charge in [-0.25, -0.2) is 23.4 Å². The van der Waals surface area contributed by atoms with Gasteiger partial charge in [0.2, 0.25) is 5.91 Å². The fourth-order valence-electron chi connectivity index (χ4n) is 5.08. The van der Waals surface area contributed by atoms with Crippen LogP contribution < -0.4 is 16.0 Å². The molecule has 1 fully saturated rings. The minimum absolute atomic E-state index is 0.0258. The zero-order valence-corrected chi connectivity index (χ0v) is 22.8. The molecule has 2 aromatic heterocycles. The van der Waals surface area contributed by atoms with Crippen molar-refractivity contribution in [3.8, 4) is 0 Å². The number of fused-ring (bicyclic) bond motifs is 1. The Morgan fingerprint density at radius 3 is 2.70 bits per heavy atom. The van der Waals surface area contributed by atoms with Crippen molar-refractivity contribution < 1.29 is 32.7 Å². The van der Waals surface area contributed by atoms with E-state index < -0.39 is 53.6 Å². The Bertz CT molecular complexity index is 1670. The molecule has 1 saturated heterocycles. The lowest BCUT2D eigenvalue weighted by molar-refractivity contribution is -0.145. The van der Waals surface area contributed by atoms with Gasteiger partial charge in [0.05, 0.1) is 25.0 Å². The molecule has 0 saturated carbocycles. The second-order valence-corrected chi connectivity index (χ2v) is 9.80. The topological polar surface area (TPSA) is 158 Å². The van der Waals surface area contributed by atoms with Gasteiger partial charge in [-0.1, -0.05) is 18.2 Å². The number of nitrogens with zero attached hydrogens (tertiary/aromatic N) is 3. The highest BCUT2D eigenvalue weighted by Gasteiger charge is 2.44. The third-order valence-electron chi connectivity index (χ3n) is 7.11. The molecule has 0 aliphatic carbocycles. The molecule has 2 aromatic carbocycles. The highest BCUT2D eigenvalue weighted by atomic mass is 19.1. The third-order valence-corrected chi connectivity index (χ3v) is 7.11. The number of carbonyl (C=O) groups is 4. The van der Waals surface area contributed by atoms with Crippen LogP contribution >= 0.6 is 0 Å². The van der Waals surface area contributed by atoms with Crippen LogP contribution in [0, 0.1) is 11.6 Å². The van der Waals surface area contributed by atoms with Crippen molar-refractivity contribution in [2.45, 2.75) is 31.0 Å². The first kappa shape index (κ1) is 29.1. The van der Waals surface area contributed by atoms with Crippen molar-refractivity contribution in [2.24, 2.45) is 0 Å². The van der Waals surface area contributed by atoms with Gasteiger partial charge in [0, 0.05) is 48.5 Å². The van der Waals surface area contributed by atoms with E-state index in [1.807, 2.05) is 24.3 Å². The number of H-pyrrole nitrogens is 1. The molecule has 222 valence electrons. The molecule has 1 aliphatic rings. The first-order chi connectivity index (χ1) is 20.7. The van der Waals surface area contributed by atoms with Crippen molar-refractivity contribution >= 4 is 40.4 Å². The zero-order valence-electron chi connectivity index (χ0n) is 22.8. The largest absolute Gasteiger partial charge is 0.467 e. The number of nitrogens with one attached hydrogen (secondary N) is 4. The smallest absolute Gasteiger partial charge is 0.328 e. The van der Waals surface area contributed by atoms with Crippen LogP contribution in [-0.4, -0.2) is 75.4 Å². The predicted molar refractivity (Wildman–Crippen MR) is 150 cm³/mol. The Balaban J connectivity index is 1.39. The molecule has 4 N–H and O–H groups in total. The number of halogens is 2. The van der Waals surface area contributed by atoms with Crippen LogP contribution in [0.25, 0.3) is 10.9 Å². The number of amides is 4. The molecule has 4 amide bonds. The zero-order chi connectivity index (χ0) is 30.5. The number of carbonyl (C=O) groups excluding carboxylic acids is 4. The molecule has 3 heterocycles. The number of likely N-dealkylation sites (tertiary alicyclic amines) is 1. The SMILES string of the molecule is COC(=O)C(Cc1c[nH]c2ccccc12)NC(=O)C1C(NC(=O)Nc2ccc(F)cc2F)CCN1C(=O)c1cnccn1. The summed E-state index contributed by atoms with van der Waals surface area (Å²) in [5, 5.41) is 8.43. The maximum absolute atomic E-state index is 14.1. The van der Waals surface area contributed by atoms with E-state index in [0.29, 0.717) is 6.07 Å². The maximum Gasteiger partial charge on any atom is 0.328 e. The predicted octanol–water partition coefficient (Wildman–Crippen LogP) is 2.54. The number of rotatable bonds is 8. The van der Waals surface area contributed by atoms with Crippen molar-refractivity contribution in [1.82, 2.24) is 30.5 Å². The second kappa shape index (κ2) is 12.6. The number of hydrogen-bond donors (Lipinski definition) is 4. The molecule has 0 spiro atoms. The van der Waals surface area contributed by atoms with Crippen LogP contribution in [0.15, 0.2) is 67.3 Å². The van der Waals surface area contributed by atoms with E-state index in [9.17, 15) is 28.0 Å². The molecule has 3 atom stereocenters. The summed E-state index contributed by atoms with van der Waals surface area (Å²) in [5.74, 6) is -3.87. The van der Waals surface area contributed by atoms with Gasteiger partial charge in [-0.2, -0.15) is 0 Å². The highest BCUT2D eigenvalue weighted by molar-refractivity contribution is 5.98. The summed E-state index contributed by atoms with van der Waals surface area (Å²) >= 11 is 0. The number of aromatic nitrogens is 3. The van der Waals surface area contributed by atoms with Gasteiger partial charge in [-0.15, -0.1) is 0 Å². The van der Waals surface area contributed by atoms with E-state index in [1.165, 1.54) is 30.6 Å². The molecule has 0 bridgehead atoms. The number of aromatic amines is 1. The molecule has 0 radical (unpaired) electrons. The van der Waals surface area contributed by atoms with E-state index in [0.717, 1.165) is 28.6 Å². The molecule has 12 nitrogen and oxygen atoms in total. The minimum atomic E-state index is -1.28. The number of esters is 1. The Kier molecular flexibility index (Phi) is 8.55. The fraction of sp³-hybridized carbons (Fsp3) is 0.241. The van der Waals surface area contributed by atoms with Gasteiger partial charge in [0.25, 0.3) is 5.91 Å². The maximum atomic E-state index is 14.1.